The van der Waals surface area contributed by atoms with E-state index in [-0.39, 0.29) is 18.1 Å². The molecule has 3 aromatic rings. The Morgan fingerprint density at radius 3 is 2.64 bits per heavy atom. The van der Waals surface area contributed by atoms with Gasteiger partial charge in [0.15, 0.2) is 18.5 Å². The summed E-state index contributed by atoms with van der Waals surface area (Å²) in [6.45, 7) is 7.56. The van der Waals surface area contributed by atoms with E-state index < -0.39 is 12.1 Å². The molecule has 0 spiro atoms. The minimum absolute atomic E-state index is 0.217. The minimum atomic E-state index is -0.699. The van der Waals surface area contributed by atoms with Crippen LogP contribution in [0.5, 0.6) is 5.75 Å². The van der Waals surface area contributed by atoms with Gasteiger partial charge < -0.3 is 14.5 Å². The van der Waals surface area contributed by atoms with Crippen LogP contribution < -0.4 is 10.3 Å². The highest BCUT2D eigenvalue weighted by Gasteiger charge is 2.17. The van der Waals surface area contributed by atoms with Crippen LogP contribution in [0.25, 0.3) is 10.9 Å². The maximum absolute atomic E-state index is 12.2. The van der Waals surface area contributed by atoms with E-state index in [1.165, 1.54) is 0 Å². The number of rotatable bonds is 6. The summed E-state index contributed by atoms with van der Waals surface area (Å²) >= 11 is 0. The SMILES string of the molecule is Cc1ccc(C(C)C)c(OCC(=O)OC(C)c2nc3ccccc3c(=O)[nH]2)c1. The number of aromatic nitrogens is 2. The van der Waals surface area contributed by atoms with Crippen molar-refractivity contribution < 1.29 is 14.3 Å². The molecular weight excluding hydrogens is 356 g/mol. The van der Waals surface area contributed by atoms with Crippen LogP contribution in [-0.2, 0) is 9.53 Å². The lowest BCUT2D eigenvalue weighted by molar-refractivity contribution is -0.151. The monoisotopic (exact) mass is 380 g/mol. The van der Waals surface area contributed by atoms with Crippen LogP contribution in [-0.4, -0.2) is 22.5 Å². The molecule has 0 aliphatic heterocycles. The van der Waals surface area contributed by atoms with Crippen molar-refractivity contribution in [2.75, 3.05) is 6.61 Å². The molecule has 146 valence electrons. The molecule has 0 saturated carbocycles. The standard InChI is InChI=1S/C22H24N2O4/c1-13(2)16-10-9-14(3)11-19(16)27-12-20(25)28-15(4)21-23-18-8-6-5-7-17(18)22(26)24-21/h5-11,13,15H,12H2,1-4H3,(H,23,24,26). The summed E-state index contributed by atoms with van der Waals surface area (Å²) in [5, 5.41) is 0.494. The number of hydrogen-bond acceptors (Lipinski definition) is 5. The van der Waals surface area contributed by atoms with E-state index in [4.69, 9.17) is 9.47 Å². The first-order chi connectivity index (χ1) is 13.3. The number of H-pyrrole nitrogens is 1. The Kier molecular flexibility index (Phi) is 5.78. The van der Waals surface area contributed by atoms with Gasteiger partial charge in [-0.1, -0.05) is 38.1 Å². The lowest BCUT2D eigenvalue weighted by Crippen LogP contribution is -2.21. The number of carbonyl (C=O) groups is 1. The van der Waals surface area contributed by atoms with Crippen LogP contribution >= 0.6 is 0 Å². The van der Waals surface area contributed by atoms with Gasteiger partial charge in [0.25, 0.3) is 5.56 Å². The number of benzene rings is 2. The molecule has 1 N–H and O–H groups in total. The molecule has 1 aromatic heterocycles. The molecule has 1 unspecified atom stereocenters. The van der Waals surface area contributed by atoms with Gasteiger partial charge in [-0.05, 0) is 49.1 Å². The van der Waals surface area contributed by atoms with E-state index in [0.29, 0.717) is 22.5 Å². The zero-order chi connectivity index (χ0) is 20.3. The number of aromatic amines is 1. The van der Waals surface area contributed by atoms with Crippen molar-refractivity contribution in [1.82, 2.24) is 9.97 Å². The highest BCUT2D eigenvalue weighted by atomic mass is 16.6. The third-order valence-electron chi connectivity index (χ3n) is 4.46. The first-order valence-electron chi connectivity index (χ1n) is 9.27. The lowest BCUT2D eigenvalue weighted by atomic mass is 10.0. The molecule has 0 aliphatic carbocycles. The Morgan fingerprint density at radius 1 is 1.14 bits per heavy atom. The number of hydrogen-bond donors (Lipinski definition) is 1. The number of aryl methyl sites for hydroxylation is 1. The summed E-state index contributed by atoms with van der Waals surface area (Å²) in [5.41, 5.74) is 2.38. The number of para-hydroxylation sites is 1. The largest absolute Gasteiger partial charge is 0.482 e. The van der Waals surface area contributed by atoms with Gasteiger partial charge in [-0.2, -0.15) is 0 Å². The van der Waals surface area contributed by atoms with E-state index in [2.05, 4.69) is 23.8 Å². The van der Waals surface area contributed by atoms with Crippen molar-refractivity contribution in [3.05, 3.63) is 69.8 Å². The molecule has 2 aromatic carbocycles. The first-order valence-corrected chi connectivity index (χ1v) is 9.27. The summed E-state index contributed by atoms with van der Waals surface area (Å²) in [6.07, 6.45) is -0.699. The Balaban J connectivity index is 1.69. The van der Waals surface area contributed by atoms with Crippen LogP contribution in [0.4, 0.5) is 0 Å². The maximum Gasteiger partial charge on any atom is 0.344 e. The van der Waals surface area contributed by atoms with Crippen LogP contribution in [0.1, 0.15) is 49.7 Å². The van der Waals surface area contributed by atoms with Crippen molar-refractivity contribution in [2.24, 2.45) is 0 Å². The predicted octanol–water partition coefficient (Wildman–Crippen LogP) is 4.04. The second-order valence-electron chi connectivity index (χ2n) is 7.09. The Bertz CT molecular complexity index is 1060. The summed E-state index contributed by atoms with van der Waals surface area (Å²) in [5.74, 6) is 0.726. The summed E-state index contributed by atoms with van der Waals surface area (Å²) < 4.78 is 11.1. The number of fused-ring (bicyclic) bond motifs is 1. The van der Waals surface area contributed by atoms with Crippen LogP contribution in [0.3, 0.4) is 0 Å². The molecule has 0 radical (unpaired) electrons. The Labute approximate surface area is 163 Å². The number of nitrogens with zero attached hydrogens (tertiary/aromatic N) is 1. The molecular formula is C22H24N2O4. The molecule has 1 heterocycles. The van der Waals surface area contributed by atoms with Crippen LogP contribution in [0.15, 0.2) is 47.3 Å². The number of esters is 1. The third-order valence-corrected chi connectivity index (χ3v) is 4.46. The molecule has 1 atom stereocenters. The van der Waals surface area contributed by atoms with Gasteiger partial charge in [-0.25, -0.2) is 9.78 Å². The average molecular weight is 380 g/mol. The predicted molar refractivity (Wildman–Crippen MR) is 108 cm³/mol. The molecule has 0 saturated heterocycles. The van der Waals surface area contributed by atoms with Gasteiger partial charge in [0.1, 0.15) is 5.75 Å². The molecule has 0 fully saturated rings. The van der Waals surface area contributed by atoms with Crippen molar-refractivity contribution >= 4 is 16.9 Å². The summed E-state index contributed by atoms with van der Waals surface area (Å²) in [4.78, 5) is 31.5. The molecule has 0 aliphatic rings. The highest BCUT2D eigenvalue weighted by molar-refractivity contribution is 5.77. The minimum Gasteiger partial charge on any atom is -0.482 e. The summed E-state index contributed by atoms with van der Waals surface area (Å²) in [6, 6.07) is 13.0. The number of ether oxygens (including phenoxy) is 2. The van der Waals surface area contributed by atoms with Gasteiger partial charge in [-0.15, -0.1) is 0 Å². The topological polar surface area (TPSA) is 81.3 Å². The average Bonchev–Trinajstić information content (AvgIpc) is 2.66. The normalized spacial score (nSPS) is 12.2. The van der Waals surface area contributed by atoms with Gasteiger partial charge in [0.05, 0.1) is 10.9 Å². The van der Waals surface area contributed by atoms with E-state index in [9.17, 15) is 9.59 Å². The zero-order valence-electron chi connectivity index (χ0n) is 16.5. The second-order valence-corrected chi connectivity index (χ2v) is 7.09. The Morgan fingerprint density at radius 2 is 1.89 bits per heavy atom. The fourth-order valence-corrected chi connectivity index (χ4v) is 2.96. The van der Waals surface area contributed by atoms with Crippen LogP contribution in [0, 0.1) is 6.92 Å². The van der Waals surface area contributed by atoms with E-state index in [0.717, 1.165) is 11.1 Å². The number of nitrogens with one attached hydrogen (secondary N) is 1. The van der Waals surface area contributed by atoms with Crippen molar-refractivity contribution in [3.63, 3.8) is 0 Å². The molecule has 0 bridgehead atoms. The molecule has 28 heavy (non-hydrogen) atoms. The second kappa shape index (κ2) is 8.25. The van der Waals surface area contributed by atoms with Gasteiger partial charge in [0.2, 0.25) is 0 Å². The molecule has 0 amide bonds. The van der Waals surface area contributed by atoms with Crippen molar-refractivity contribution in [1.29, 1.82) is 0 Å². The molecule has 6 nitrogen and oxygen atoms in total. The number of carbonyl (C=O) groups excluding carboxylic acids is 1. The van der Waals surface area contributed by atoms with Gasteiger partial charge in [-0.3, -0.25) is 4.79 Å². The zero-order valence-corrected chi connectivity index (χ0v) is 16.5. The fourth-order valence-electron chi connectivity index (χ4n) is 2.96. The fraction of sp³-hybridized carbons (Fsp3) is 0.318. The first kappa shape index (κ1) is 19.6. The van der Waals surface area contributed by atoms with E-state index in [1.54, 1.807) is 31.2 Å². The quantitative estimate of drug-likeness (QED) is 0.653. The summed E-state index contributed by atoms with van der Waals surface area (Å²) in [7, 11) is 0. The lowest BCUT2D eigenvalue weighted by Gasteiger charge is -2.16. The third kappa shape index (κ3) is 4.39. The van der Waals surface area contributed by atoms with Crippen molar-refractivity contribution in [3.8, 4) is 5.75 Å². The highest BCUT2D eigenvalue weighted by Crippen LogP contribution is 2.27. The smallest absolute Gasteiger partial charge is 0.344 e. The van der Waals surface area contributed by atoms with Crippen molar-refractivity contribution in [2.45, 2.75) is 39.7 Å². The molecule has 6 heteroatoms. The van der Waals surface area contributed by atoms with E-state index in [1.807, 2.05) is 25.1 Å². The molecule has 3 rings (SSSR count). The van der Waals surface area contributed by atoms with Crippen LogP contribution in [0.2, 0.25) is 0 Å². The van der Waals surface area contributed by atoms with Gasteiger partial charge >= 0.3 is 5.97 Å². The Hall–Kier alpha value is -3.15. The maximum atomic E-state index is 12.2. The van der Waals surface area contributed by atoms with Gasteiger partial charge in [0, 0.05) is 0 Å². The van der Waals surface area contributed by atoms with E-state index >= 15 is 0 Å².